The number of methoxy groups -OCH3 is 1. The van der Waals surface area contributed by atoms with Crippen LogP contribution in [0, 0.1) is 6.92 Å². The van der Waals surface area contributed by atoms with Crippen LogP contribution in [0.3, 0.4) is 0 Å². The summed E-state index contributed by atoms with van der Waals surface area (Å²) in [6, 6.07) is 17.2. The lowest BCUT2D eigenvalue weighted by molar-refractivity contribution is -0.122. The first-order chi connectivity index (χ1) is 17.8. The van der Waals surface area contributed by atoms with Gasteiger partial charge >= 0.3 is 6.03 Å². The highest BCUT2D eigenvalue weighted by molar-refractivity contribution is 6.40. The second-order valence-corrected chi connectivity index (χ2v) is 8.73. The van der Waals surface area contributed by atoms with Crippen LogP contribution in [-0.4, -0.2) is 25.0 Å². The van der Waals surface area contributed by atoms with Gasteiger partial charge in [0.1, 0.15) is 12.2 Å². The summed E-state index contributed by atoms with van der Waals surface area (Å²) in [5, 5.41) is 2.63. The topological polar surface area (TPSA) is 84.9 Å². The minimum atomic E-state index is -0.841. The number of urea groups is 1. The van der Waals surface area contributed by atoms with Crippen molar-refractivity contribution < 1.29 is 23.9 Å². The number of imide groups is 2. The zero-order valence-electron chi connectivity index (χ0n) is 20.4. The molecule has 1 aliphatic heterocycles. The van der Waals surface area contributed by atoms with Crippen LogP contribution in [0.15, 0.2) is 78.9 Å². The molecule has 1 saturated heterocycles. The van der Waals surface area contributed by atoms with Gasteiger partial charge in [0.15, 0.2) is 11.5 Å². The van der Waals surface area contributed by atoms with Crippen molar-refractivity contribution in [3.63, 3.8) is 0 Å². The van der Waals surface area contributed by atoms with Crippen LogP contribution in [0.1, 0.15) is 22.3 Å². The van der Waals surface area contributed by atoms with E-state index in [2.05, 4.69) is 11.9 Å². The average Bonchev–Trinajstić information content (AvgIpc) is 2.88. The van der Waals surface area contributed by atoms with Gasteiger partial charge in [0.05, 0.1) is 12.8 Å². The Labute approximate surface area is 219 Å². The van der Waals surface area contributed by atoms with E-state index in [1.54, 1.807) is 43.3 Å². The van der Waals surface area contributed by atoms with Crippen LogP contribution in [0.4, 0.5) is 10.5 Å². The number of halogens is 1. The number of anilines is 1. The van der Waals surface area contributed by atoms with Crippen molar-refractivity contribution in [2.45, 2.75) is 20.0 Å². The summed E-state index contributed by atoms with van der Waals surface area (Å²) in [6.07, 6.45) is 3.61. The first-order valence-corrected chi connectivity index (χ1v) is 11.9. The van der Waals surface area contributed by atoms with Gasteiger partial charge in [0.2, 0.25) is 0 Å². The minimum absolute atomic E-state index is 0.205. The average molecular weight is 517 g/mol. The number of carbonyl (C=O) groups is 3. The molecule has 0 aromatic heterocycles. The maximum Gasteiger partial charge on any atom is 0.335 e. The number of carbonyl (C=O) groups excluding carboxylic acids is 3. The van der Waals surface area contributed by atoms with Gasteiger partial charge in [-0.05, 0) is 60.4 Å². The smallest absolute Gasteiger partial charge is 0.335 e. The number of barbiturate groups is 1. The molecule has 1 fully saturated rings. The largest absolute Gasteiger partial charge is 0.493 e. The van der Waals surface area contributed by atoms with Crippen LogP contribution in [0.25, 0.3) is 6.08 Å². The summed E-state index contributed by atoms with van der Waals surface area (Å²) in [7, 11) is 1.51. The van der Waals surface area contributed by atoms with Crippen molar-refractivity contribution in [2.75, 3.05) is 12.0 Å². The van der Waals surface area contributed by atoms with Crippen molar-refractivity contribution in [3.05, 3.63) is 106 Å². The van der Waals surface area contributed by atoms with E-state index in [-0.39, 0.29) is 5.57 Å². The molecule has 8 heteroatoms. The SMILES string of the molecule is C=CCc1cc(/C=C2\C(=O)NC(=O)N(c3cccc(Cl)c3C)C2=O)cc(OC)c1OCc1ccccc1. The van der Waals surface area contributed by atoms with Gasteiger partial charge in [-0.25, -0.2) is 9.69 Å². The summed E-state index contributed by atoms with van der Waals surface area (Å²) in [6.45, 7) is 5.85. The van der Waals surface area contributed by atoms with Gasteiger partial charge in [-0.1, -0.05) is 54.1 Å². The molecule has 3 aromatic carbocycles. The lowest BCUT2D eigenvalue weighted by Gasteiger charge is -2.27. The Bertz CT molecular complexity index is 1420. The summed E-state index contributed by atoms with van der Waals surface area (Å²) in [5.41, 5.74) is 2.91. The van der Waals surface area contributed by atoms with Gasteiger partial charge in [-0.15, -0.1) is 6.58 Å². The lowest BCUT2D eigenvalue weighted by atomic mass is 10.0. The van der Waals surface area contributed by atoms with Crippen molar-refractivity contribution in [1.29, 1.82) is 0 Å². The molecule has 4 amide bonds. The van der Waals surface area contributed by atoms with E-state index in [0.29, 0.717) is 46.4 Å². The number of amides is 4. The fourth-order valence-corrected chi connectivity index (χ4v) is 4.17. The van der Waals surface area contributed by atoms with Crippen molar-refractivity contribution in [3.8, 4) is 11.5 Å². The molecule has 0 aliphatic carbocycles. The molecule has 3 aromatic rings. The van der Waals surface area contributed by atoms with Gasteiger partial charge in [0, 0.05) is 10.6 Å². The zero-order chi connectivity index (χ0) is 26.5. The fraction of sp³-hybridized carbons (Fsp3) is 0.138. The van der Waals surface area contributed by atoms with Crippen LogP contribution < -0.4 is 19.7 Å². The third-order valence-corrected chi connectivity index (χ3v) is 6.27. The second kappa shape index (κ2) is 11.1. The Balaban J connectivity index is 1.72. The molecule has 0 saturated carbocycles. The Hall–Kier alpha value is -4.36. The Morgan fingerprint density at radius 2 is 1.81 bits per heavy atom. The number of allylic oxidation sites excluding steroid dienone is 1. The maximum absolute atomic E-state index is 13.4. The molecule has 7 nitrogen and oxygen atoms in total. The molecule has 0 atom stereocenters. The number of nitrogens with one attached hydrogen (secondary N) is 1. The van der Waals surface area contributed by atoms with E-state index in [9.17, 15) is 14.4 Å². The maximum atomic E-state index is 13.4. The van der Waals surface area contributed by atoms with Gasteiger partial charge in [-0.2, -0.15) is 0 Å². The first kappa shape index (κ1) is 25.7. The molecule has 1 N–H and O–H groups in total. The number of hydrogen-bond donors (Lipinski definition) is 1. The number of rotatable bonds is 8. The molecular weight excluding hydrogens is 492 g/mol. The van der Waals surface area contributed by atoms with Gasteiger partial charge in [-0.3, -0.25) is 14.9 Å². The number of hydrogen-bond acceptors (Lipinski definition) is 5. The van der Waals surface area contributed by atoms with E-state index < -0.39 is 17.8 Å². The van der Waals surface area contributed by atoms with Crippen LogP contribution in [-0.2, 0) is 22.6 Å². The molecule has 1 aliphatic rings. The number of benzene rings is 3. The second-order valence-electron chi connectivity index (χ2n) is 8.32. The van der Waals surface area contributed by atoms with Gasteiger partial charge in [0.25, 0.3) is 11.8 Å². The van der Waals surface area contributed by atoms with Crippen LogP contribution >= 0.6 is 11.6 Å². The number of ether oxygens (including phenoxy) is 2. The van der Waals surface area contributed by atoms with E-state index >= 15 is 0 Å². The van der Waals surface area contributed by atoms with Gasteiger partial charge < -0.3 is 9.47 Å². The standard InChI is InChI=1S/C29H25ClN2O5/c1-4-9-21-14-20(16-25(36-3)26(21)37-17-19-10-6-5-7-11-19)15-22-27(33)31-29(35)32(28(22)34)24-13-8-12-23(30)18(24)2/h4-8,10-16H,1,9,17H2,2-3H3,(H,31,33,35)/b22-15+. The molecular formula is C29H25ClN2O5. The summed E-state index contributed by atoms with van der Waals surface area (Å²) >= 11 is 6.20. The van der Waals surface area contributed by atoms with E-state index in [4.69, 9.17) is 21.1 Å². The third kappa shape index (κ3) is 5.42. The van der Waals surface area contributed by atoms with Crippen LogP contribution in [0.5, 0.6) is 11.5 Å². The summed E-state index contributed by atoms with van der Waals surface area (Å²) < 4.78 is 11.7. The highest BCUT2D eigenvalue weighted by Crippen LogP contribution is 2.36. The molecule has 0 radical (unpaired) electrons. The molecule has 4 rings (SSSR count). The normalized spacial score (nSPS) is 14.5. The Kier molecular flexibility index (Phi) is 7.74. The van der Waals surface area contributed by atoms with E-state index in [1.807, 2.05) is 30.3 Å². The quantitative estimate of drug-likeness (QED) is 0.238. The monoisotopic (exact) mass is 516 g/mol. The summed E-state index contributed by atoms with van der Waals surface area (Å²) in [4.78, 5) is 39.6. The predicted molar refractivity (Wildman–Crippen MR) is 143 cm³/mol. The number of nitrogens with zero attached hydrogens (tertiary/aromatic N) is 1. The Morgan fingerprint density at radius 3 is 2.51 bits per heavy atom. The zero-order valence-corrected chi connectivity index (χ0v) is 21.2. The van der Waals surface area contributed by atoms with E-state index in [1.165, 1.54) is 13.2 Å². The van der Waals surface area contributed by atoms with Crippen LogP contribution in [0.2, 0.25) is 5.02 Å². The fourth-order valence-electron chi connectivity index (χ4n) is 4.00. The van der Waals surface area contributed by atoms with Crippen molar-refractivity contribution in [1.82, 2.24) is 5.32 Å². The first-order valence-electron chi connectivity index (χ1n) is 11.5. The Morgan fingerprint density at radius 1 is 1.05 bits per heavy atom. The summed E-state index contributed by atoms with van der Waals surface area (Å²) in [5.74, 6) is -0.573. The van der Waals surface area contributed by atoms with Crippen molar-refractivity contribution in [2.24, 2.45) is 0 Å². The molecule has 0 spiro atoms. The molecule has 37 heavy (non-hydrogen) atoms. The highest BCUT2D eigenvalue weighted by Gasteiger charge is 2.37. The van der Waals surface area contributed by atoms with E-state index in [0.717, 1.165) is 16.0 Å². The molecule has 1 heterocycles. The predicted octanol–water partition coefficient (Wildman–Crippen LogP) is 5.63. The molecule has 0 bridgehead atoms. The van der Waals surface area contributed by atoms with Crippen molar-refractivity contribution >= 4 is 41.2 Å². The molecule has 188 valence electrons. The minimum Gasteiger partial charge on any atom is -0.493 e. The highest BCUT2D eigenvalue weighted by atomic mass is 35.5. The third-order valence-electron chi connectivity index (χ3n) is 5.86. The molecule has 0 unspecified atom stereocenters. The lowest BCUT2D eigenvalue weighted by Crippen LogP contribution is -2.54.